The topological polar surface area (TPSA) is 88.6 Å². The molecular weight excluding hydrogens is 409 g/mol. The number of carbonyl (C=O) groups excluding carboxylic acids is 1. The van der Waals surface area contributed by atoms with Crippen LogP contribution in [0.5, 0.6) is 17.5 Å². The Balaban J connectivity index is 1.48. The van der Waals surface area contributed by atoms with E-state index in [4.69, 9.17) is 9.47 Å². The minimum atomic E-state index is -0.557. The van der Waals surface area contributed by atoms with Gasteiger partial charge in [-0.1, -0.05) is 12.1 Å². The van der Waals surface area contributed by atoms with Crippen LogP contribution in [-0.4, -0.2) is 28.0 Å². The van der Waals surface area contributed by atoms with Crippen molar-refractivity contribution in [1.82, 2.24) is 19.6 Å². The predicted molar refractivity (Wildman–Crippen MR) is 110 cm³/mol. The number of carbonyl (C=O) groups is 1. The molecular formula is C20H18FN5O3S. The second kappa shape index (κ2) is 8.97. The van der Waals surface area contributed by atoms with E-state index < -0.39 is 11.9 Å². The fraction of sp³-hybridized carbons (Fsp3) is 0.150. The van der Waals surface area contributed by atoms with E-state index in [-0.39, 0.29) is 12.6 Å². The molecule has 3 aromatic rings. The number of nitrogens with zero attached hydrogens (tertiary/aromatic N) is 3. The number of anilines is 1. The molecule has 2 N–H and O–H groups in total. The normalized spacial score (nSPS) is 12.9. The summed E-state index contributed by atoms with van der Waals surface area (Å²) in [5.41, 5.74) is 1.51. The van der Waals surface area contributed by atoms with Crippen LogP contribution in [0.4, 0.5) is 14.9 Å². The summed E-state index contributed by atoms with van der Waals surface area (Å²) >= 11 is 1.16. The number of fused-ring (bicyclic) bond motifs is 1. The fourth-order valence-corrected chi connectivity index (χ4v) is 3.28. The van der Waals surface area contributed by atoms with Crippen molar-refractivity contribution in [3.63, 3.8) is 0 Å². The van der Waals surface area contributed by atoms with E-state index in [9.17, 15) is 9.18 Å². The highest BCUT2D eigenvalue weighted by Gasteiger charge is 2.26. The van der Waals surface area contributed by atoms with Crippen LogP contribution in [0.3, 0.4) is 0 Å². The van der Waals surface area contributed by atoms with Crippen LogP contribution in [0.25, 0.3) is 0 Å². The number of rotatable bonds is 7. The summed E-state index contributed by atoms with van der Waals surface area (Å²) in [6.45, 7) is 0.374. The van der Waals surface area contributed by atoms with E-state index in [2.05, 4.69) is 19.4 Å². The van der Waals surface area contributed by atoms with Gasteiger partial charge in [0.05, 0.1) is 18.8 Å². The predicted octanol–water partition coefficient (Wildman–Crippen LogP) is 4.12. The SMILES string of the molecule is CNSNc1cccc(CN2Cc3ccc(Oc4ncccn4)cc3OC2=O)c1F. The van der Waals surface area contributed by atoms with Crippen molar-refractivity contribution in [1.29, 1.82) is 0 Å². The maximum Gasteiger partial charge on any atom is 0.415 e. The average molecular weight is 427 g/mol. The molecule has 4 rings (SSSR count). The van der Waals surface area contributed by atoms with Crippen LogP contribution in [0.15, 0.2) is 54.9 Å². The minimum absolute atomic E-state index is 0.0833. The molecule has 8 nitrogen and oxygen atoms in total. The Kier molecular flexibility index (Phi) is 5.96. The van der Waals surface area contributed by atoms with Crippen LogP contribution in [0, 0.1) is 5.82 Å². The summed E-state index contributed by atoms with van der Waals surface area (Å²) in [5.74, 6) is 0.435. The third kappa shape index (κ3) is 4.44. The minimum Gasteiger partial charge on any atom is -0.424 e. The molecule has 0 bridgehead atoms. The van der Waals surface area contributed by atoms with Crippen LogP contribution in [0.1, 0.15) is 11.1 Å². The zero-order valence-corrected chi connectivity index (χ0v) is 16.8. The molecule has 2 heterocycles. The largest absolute Gasteiger partial charge is 0.424 e. The van der Waals surface area contributed by atoms with Gasteiger partial charge < -0.3 is 14.2 Å². The lowest BCUT2D eigenvalue weighted by atomic mass is 10.1. The van der Waals surface area contributed by atoms with E-state index in [0.717, 1.165) is 17.7 Å². The van der Waals surface area contributed by atoms with Crippen molar-refractivity contribution in [2.24, 2.45) is 0 Å². The molecule has 1 aliphatic rings. The Hall–Kier alpha value is -3.37. The molecule has 0 atom stereocenters. The van der Waals surface area contributed by atoms with Crippen molar-refractivity contribution in [3.8, 4) is 17.5 Å². The second-order valence-electron chi connectivity index (χ2n) is 6.31. The van der Waals surface area contributed by atoms with Crippen molar-refractivity contribution < 1.29 is 18.7 Å². The molecule has 154 valence electrons. The maximum absolute atomic E-state index is 14.7. The number of ether oxygens (including phenoxy) is 2. The Labute approximate surface area is 176 Å². The van der Waals surface area contributed by atoms with E-state index >= 15 is 0 Å². The standard InChI is InChI=1S/C20H18FN5O3S/c1-22-30-25-16-5-2-4-14(18(16)21)12-26-11-13-6-7-15(10-17(13)29-20(26)27)28-19-23-8-3-9-24-19/h2-10,22,25H,11-12H2,1H3. The number of nitrogens with one attached hydrogen (secondary N) is 2. The third-order valence-electron chi connectivity index (χ3n) is 4.31. The molecule has 10 heteroatoms. The molecule has 30 heavy (non-hydrogen) atoms. The van der Waals surface area contributed by atoms with Gasteiger partial charge >= 0.3 is 12.1 Å². The molecule has 1 amide bonds. The summed E-state index contributed by atoms with van der Waals surface area (Å²) in [4.78, 5) is 21.9. The van der Waals surface area contributed by atoms with Crippen molar-refractivity contribution >= 4 is 23.9 Å². The molecule has 1 aliphatic heterocycles. The Bertz CT molecular complexity index is 1050. The van der Waals surface area contributed by atoms with Gasteiger partial charge in [-0.2, -0.15) is 0 Å². The van der Waals surface area contributed by atoms with Gasteiger partial charge in [0.1, 0.15) is 11.5 Å². The Morgan fingerprint density at radius 3 is 2.87 bits per heavy atom. The van der Waals surface area contributed by atoms with Gasteiger partial charge in [0, 0.05) is 41.7 Å². The molecule has 0 fully saturated rings. The quantitative estimate of drug-likeness (QED) is 0.545. The monoisotopic (exact) mass is 427 g/mol. The number of aromatic nitrogens is 2. The summed E-state index contributed by atoms with van der Waals surface area (Å²) in [6, 6.07) is 12.0. The van der Waals surface area contributed by atoms with Gasteiger partial charge in [0.15, 0.2) is 5.82 Å². The van der Waals surface area contributed by atoms with Crippen LogP contribution in [-0.2, 0) is 13.1 Å². The van der Waals surface area contributed by atoms with Crippen molar-refractivity contribution in [2.75, 3.05) is 11.8 Å². The third-order valence-corrected chi connectivity index (χ3v) is 4.84. The van der Waals surface area contributed by atoms with E-state index in [1.807, 2.05) is 0 Å². The number of amides is 1. The lowest BCUT2D eigenvalue weighted by Gasteiger charge is -2.28. The fourth-order valence-electron chi connectivity index (χ4n) is 2.91. The number of hydrogen-bond acceptors (Lipinski definition) is 8. The molecule has 0 spiro atoms. The van der Waals surface area contributed by atoms with Crippen LogP contribution < -0.4 is 18.9 Å². The highest BCUT2D eigenvalue weighted by atomic mass is 32.2. The zero-order chi connectivity index (χ0) is 20.9. The van der Waals surface area contributed by atoms with E-state index in [1.54, 1.807) is 61.9 Å². The Morgan fingerprint density at radius 1 is 1.23 bits per heavy atom. The summed E-state index contributed by atoms with van der Waals surface area (Å²) < 4.78 is 31.4. The summed E-state index contributed by atoms with van der Waals surface area (Å²) in [5, 5.41) is 0. The molecule has 0 aliphatic carbocycles. The van der Waals surface area contributed by atoms with Crippen molar-refractivity contribution in [2.45, 2.75) is 13.1 Å². The number of benzene rings is 2. The van der Waals surface area contributed by atoms with Gasteiger partial charge in [-0.05, 0) is 31.3 Å². The first-order valence-corrected chi connectivity index (χ1v) is 9.86. The lowest BCUT2D eigenvalue weighted by molar-refractivity contribution is 0.134. The molecule has 2 aromatic carbocycles. The lowest BCUT2D eigenvalue weighted by Crippen LogP contribution is -2.36. The van der Waals surface area contributed by atoms with Gasteiger partial charge in [-0.15, -0.1) is 0 Å². The summed E-state index contributed by atoms with van der Waals surface area (Å²) in [6.07, 6.45) is 2.58. The van der Waals surface area contributed by atoms with E-state index in [0.29, 0.717) is 29.3 Å². The van der Waals surface area contributed by atoms with Crippen molar-refractivity contribution in [3.05, 3.63) is 71.8 Å². The zero-order valence-electron chi connectivity index (χ0n) is 16.0. The van der Waals surface area contributed by atoms with Crippen LogP contribution in [0.2, 0.25) is 0 Å². The summed E-state index contributed by atoms with van der Waals surface area (Å²) in [7, 11) is 1.73. The average Bonchev–Trinajstić information content (AvgIpc) is 2.75. The molecule has 0 radical (unpaired) electrons. The highest BCUT2D eigenvalue weighted by Crippen LogP contribution is 2.32. The van der Waals surface area contributed by atoms with Gasteiger partial charge in [0.2, 0.25) is 0 Å². The maximum atomic E-state index is 14.7. The first-order chi connectivity index (χ1) is 14.6. The first kappa shape index (κ1) is 19.9. The molecule has 0 unspecified atom stereocenters. The molecule has 0 saturated carbocycles. The Morgan fingerprint density at radius 2 is 2.07 bits per heavy atom. The highest BCUT2D eigenvalue weighted by molar-refractivity contribution is 7.98. The van der Waals surface area contributed by atoms with Gasteiger partial charge in [-0.25, -0.2) is 23.9 Å². The number of halogens is 1. The van der Waals surface area contributed by atoms with E-state index in [1.165, 1.54) is 4.90 Å². The second-order valence-corrected chi connectivity index (χ2v) is 7.13. The molecule has 1 aromatic heterocycles. The van der Waals surface area contributed by atoms with Gasteiger partial charge in [-0.3, -0.25) is 4.90 Å². The molecule has 0 saturated heterocycles. The van der Waals surface area contributed by atoms with Gasteiger partial charge in [0.25, 0.3) is 0 Å². The first-order valence-electron chi connectivity index (χ1n) is 9.04. The smallest absolute Gasteiger partial charge is 0.415 e. The van der Waals surface area contributed by atoms with Crippen LogP contribution >= 0.6 is 12.1 Å². The number of hydrogen-bond donors (Lipinski definition) is 2.